The van der Waals surface area contributed by atoms with Crippen LogP contribution in [0, 0.1) is 11.2 Å². The highest BCUT2D eigenvalue weighted by molar-refractivity contribution is 5.85. The molecule has 1 atom stereocenters. The van der Waals surface area contributed by atoms with E-state index in [1.807, 2.05) is 4.90 Å². The van der Waals surface area contributed by atoms with Crippen LogP contribution in [0.1, 0.15) is 32.3 Å². The summed E-state index contributed by atoms with van der Waals surface area (Å²) in [5.41, 5.74) is 7.05. The van der Waals surface area contributed by atoms with Crippen LogP contribution < -0.4 is 5.73 Å². The number of benzene rings is 1. The first-order valence-corrected chi connectivity index (χ1v) is 7.16. The number of hydrogen-bond donors (Lipinski definition) is 1. The first-order chi connectivity index (χ1) is 9.38. The van der Waals surface area contributed by atoms with Crippen LogP contribution in [0.5, 0.6) is 0 Å². The van der Waals surface area contributed by atoms with Gasteiger partial charge < -0.3 is 10.6 Å². The van der Waals surface area contributed by atoms with Gasteiger partial charge in [0, 0.05) is 25.6 Å². The van der Waals surface area contributed by atoms with Gasteiger partial charge in [0.2, 0.25) is 5.91 Å². The number of hydrogen-bond acceptors (Lipinski definition) is 2. The van der Waals surface area contributed by atoms with Crippen molar-refractivity contribution in [2.75, 3.05) is 13.1 Å². The van der Waals surface area contributed by atoms with E-state index in [-0.39, 0.29) is 35.6 Å². The topological polar surface area (TPSA) is 46.3 Å². The van der Waals surface area contributed by atoms with Gasteiger partial charge in [0.25, 0.3) is 0 Å². The summed E-state index contributed by atoms with van der Waals surface area (Å²) in [6.07, 6.45) is 1.98. The van der Waals surface area contributed by atoms with E-state index in [0.717, 1.165) is 25.1 Å². The summed E-state index contributed by atoms with van der Waals surface area (Å²) >= 11 is 0. The SMILES string of the molecule is CC1(C)CN(C(=O)CCc2ccc(F)cc2)CCC1N.Cl. The summed E-state index contributed by atoms with van der Waals surface area (Å²) < 4.78 is 12.8. The smallest absolute Gasteiger partial charge is 0.222 e. The van der Waals surface area contributed by atoms with Gasteiger partial charge in [-0.15, -0.1) is 12.4 Å². The van der Waals surface area contributed by atoms with Gasteiger partial charge >= 0.3 is 0 Å². The second-order valence-electron chi connectivity index (χ2n) is 6.33. The number of aryl methyl sites for hydroxylation is 1. The molecule has 3 nitrogen and oxygen atoms in total. The lowest BCUT2D eigenvalue weighted by atomic mass is 9.79. The quantitative estimate of drug-likeness (QED) is 0.932. The molecule has 21 heavy (non-hydrogen) atoms. The summed E-state index contributed by atoms with van der Waals surface area (Å²) in [6, 6.07) is 6.49. The number of nitrogens with zero attached hydrogens (tertiary/aromatic N) is 1. The Bertz CT molecular complexity index is 476. The third-order valence-electron chi connectivity index (χ3n) is 4.21. The number of nitrogens with two attached hydrogens (primary N) is 1. The lowest BCUT2D eigenvalue weighted by molar-refractivity contribution is -0.134. The fraction of sp³-hybridized carbons (Fsp3) is 0.562. The predicted molar refractivity (Wildman–Crippen MR) is 84.9 cm³/mol. The molecule has 118 valence electrons. The van der Waals surface area contributed by atoms with Gasteiger partial charge in [0.15, 0.2) is 0 Å². The number of carbonyl (C=O) groups is 1. The van der Waals surface area contributed by atoms with Crippen molar-refractivity contribution < 1.29 is 9.18 Å². The maximum atomic E-state index is 12.8. The van der Waals surface area contributed by atoms with Gasteiger partial charge in [0.1, 0.15) is 5.82 Å². The monoisotopic (exact) mass is 314 g/mol. The molecule has 2 N–H and O–H groups in total. The van der Waals surface area contributed by atoms with Gasteiger partial charge in [0.05, 0.1) is 0 Å². The average Bonchev–Trinajstić information content (AvgIpc) is 2.41. The Hall–Kier alpha value is -1.13. The largest absolute Gasteiger partial charge is 0.342 e. The minimum Gasteiger partial charge on any atom is -0.342 e. The first-order valence-electron chi connectivity index (χ1n) is 7.16. The summed E-state index contributed by atoms with van der Waals surface area (Å²) in [7, 11) is 0. The Balaban J connectivity index is 0.00000220. The Morgan fingerprint density at radius 3 is 2.57 bits per heavy atom. The molecule has 1 aliphatic rings. The Labute approximate surface area is 132 Å². The van der Waals surface area contributed by atoms with Crippen LogP contribution in [0.4, 0.5) is 4.39 Å². The van der Waals surface area contributed by atoms with Crippen LogP contribution in [-0.4, -0.2) is 29.9 Å². The van der Waals surface area contributed by atoms with Crippen LogP contribution >= 0.6 is 12.4 Å². The van der Waals surface area contributed by atoms with E-state index in [9.17, 15) is 9.18 Å². The van der Waals surface area contributed by atoms with Crippen molar-refractivity contribution in [1.29, 1.82) is 0 Å². The Morgan fingerprint density at radius 1 is 1.38 bits per heavy atom. The molecule has 1 saturated heterocycles. The number of rotatable bonds is 3. The summed E-state index contributed by atoms with van der Waals surface area (Å²) in [5, 5.41) is 0. The highest BCUT2D eigenvalue weighted by Gasteiger charge is 2.34. The fourth-order valence-corrected chi connectivity index (χ4v) is 2.65. The van der Waals surface area contributed by atoms with Crippen LogP contribution in [0.3, 0.4) is 0 Å². The van der Waals surface area contributed by atoms with Crippen molar-refractivity contribution in [2.45, 2.75) is 39.2 Å². The standard InChI is InChI=1S/C16H23FN2O.ClH/c1-16(2)11-19(10-9-14(16)18)15(20)8-5-12-3-6-13(17)7-4-12;/h3-4,6-7,14H,5,8-11,18H2,1-2H3;1H. The van der Waals surface area contributed by atoms with Crippen molar-refractivity contribution in [3.05, 3.63) is 35.6 Å². The molecule has 1 unspecified atom stereocenters. The van der Waals surface area contributed by atoms with E-state index in [0.29, 0.717) is 12.8 Å². The highest BCUT2D eigenvalue weighted by Crippen LogP contribution is 2.28. The number of amides is 1. The third kappa shape index (κ3) is 4.68. The van der Waals surface area contributed by atoms with E-state index >= 15 is 0 Å². The van der Waals surface area contributed by atoms with Crippen LogP contribution in [0.15, 0.2) is 24.3 Å². The lowest BCUT2D eigenvalue weighted by Gasteiger charge is -2.42. The maximum Gasteiger partial charge on any atom is 0.222 e. The minimum absolute atomic E-state index is 0. The number of halogens is 2. The normalized spacial score (nSPS) is 20.8. The van der Waals surface area contributed by atoms with Crippen LogP contribution in [0.2, 0.25) is 0 Å². The molecule has 0 aliphatic carbocycles. The minimum atomic E-state index is -0.244. The van der Waals surface area contributed by atoms with Gasteiger partial charge in [-0.3, -0.25) is 4.79 Å². The first kappa shape index (κ1) is 17.9. The van der Waals surface area contributed by atoms with Crippen molar-refractivity contribution in [3.8, 4) is 0 Å². The van der Waals surface area contributed by atoms with E-state index in [1.54, 1.807) is 12.1 Å². The van der Waals surface area contributed by atoms with Gasteiger partial charge in [-0.2, -0.15) is 0 Å². The fourth-order valence-electron chi connectivity index (χ4n) is 2.65. The zero-order valence-electron chi connectivity index (χ0n) is 12.6. The highest BCUT2D eigenvalue weighted by atomic mass is 35.5. The average molecular weight is 315 g/mol. The Morgan fingerprint density at radius 2 is 2.00 bits per heavy atom. The molecule has 1 fully saturated rings. The maximum absolute atomic E-state index is 12.8. The van der Waals surface area contributed by atoms with Gasteiger partial charge in [-0.05, 0) is 36.0 Å². The number of piperidine rings is 1. The molecular formula is C16H24ClFN2O. The van der Waals surface area contributed by atoms with Crippen molar-refractivity contribution in [2.24, 2.45) is 11.1 Å². The zero-order valence-corrected chi connectivity index (χ0v) is 13.5. The second-order valence-corrected chi connectivity index (χ2v) is 6.33. The molecule has 1 amide bonds. The molecule has 0 aromatic heterocycles. The predicted octanol–water partition coefficient (Wildman–Crippen LogP) is 2.77. The van der Waals surface area contributed by atoms with Gasteiger partial charge in [-0.1, -0.05) is 26.0 Å². The number of likely N-dealkylation sites (tertiary alicyclic amines) is 1. The third-order valence-corrected chi connectivity index (χ3v) is 4.21. The summed E-state index contributed by atoms with van der Waals surface area (Å²) in [6.45, 7) is 5.68. The summed E-state index contributed by atoms with van der Waals surface area (Å²) in [5.74, 6) is -0.0823. The molecule has 2 rings (SSSR count). The Kier molecular flexibility index (Phi) is 6.17. The molecule has 1 aromatic rings. The van der Waals surface area contributed by atoms with Crippen molar-refractivity contribution >= 4 is 18.3 Å². The second kappa shape index (κ2) is 7.23. The molecule has 5 heteroatoms. The summed E-state index contributed by atoms with van der Waals surface area (Å²) in [4.78, 5) is 14.2. The molecule has 1 heterocycles. The molecular weight excluding hydrogens is 291 g/mol. The zero-order chi connectivity index (χ0) is 14.8. The number of carbonyl (C=O) groups excluding carboxylic acids is 1. The molecule has 1 aromatic carbocycles. The van der Waals surface area contributed by atoms with E-state index in [2.05, 4.69) is 13.8 Å². The van der Waals surface area contributed by atoms with Crippen LogP contribution in [0.25, 0.3) is 0 Å². The molecule has 1 aliphatic heterocycles. The van der Waals surface area contributed by atoms with Gasteiger partial charge in [-0.25, -0.2) is 4.39 Å². The van der Waals surface area contributed by atoms with E-state index in [1.165, 1.54) is 12.1 Å². The molecule has 0 saturated carbocycles. The molecule has 0 bridgehead atoms. The van der Waals surface area contributed by atoms with E-state index in [4.69, 9.17) is 5.73 Å². The lowest BCUT2D eigenvalue weighted by Crippen LogP contribution is -2.54. The molecule has 0 spiro atoms. The van der Waals surface area contributed by atoms with Crippen molar-refractivity contribution in [1.82, 2.24) is 4.90 Å². The van der Waals surface area contributed by atoms with E-state index < -0.39 is 0 Å². The molecule has 0 radical (unpaired) electrons. The van der Waals surface area contributed by atoms with Crippen molar-refractivity contribution in [3.63, 3.8) is 0 Å². The van der Waals surface area contributed by atoms with Crippen LogP contribution in [-0.2, 0) is 11.2 Å².